The van der Waals surface area contributed by atoms with E-state index in [4.69, 9.17) is 0 Å². The van der Waals surface area contributed by atoms with Crippen LogP contribution in [-0.4, -0.2) is 10.2 Å². The Balaban J connectivity index is 1.73. The van der Waals surface area contributed by atoms with Crippen LogP contribution >= 0.6 is 0 Å². The van der Waals surface area contributed by atoms with Gasteiger partial charge in [0, 0.05) is 18.5 Å². The molecule has 2 heterocycles. The molecule has 0 amide bonds. The molecule has 0 saturated heterocycles. The first kappa shape index (κ1) is 10.5. The van der Waals surface area contributed by atoms with Gasteiger partial charge in [-0.2, -0.15) is 0 Å². The Morgan fingerprint density at radius 3 is 2.26 bits per heavy atom. The van der Waals surface area contributed by atoms with Crippen LogP contribution in [0.15, 0.2) is 54.6 Å². The maximum Gasteiger partial charge on any atom is 0.152 e. The molecule has 0 spiro atoms. The molecule has 3 nitrogen and oxygen atoms in total. The predicted molar refractivity (Wildman–Crippen MR) is 75.9 cm³/mol. The van der Waals surface area contributed by atoms with E-state index in [1.807, 2.05) is 18.2 Å². The quantitative estimate of drug-likeness (QED) is 0.661. The van der Waals surface area contributed by atoms with Crippen molar-refractivity contribution in [2.45, 2.75) is 13.1 Å². The van der Waals surface area contributed by atoms with Crippen LogP contribution < -0.4 is 4.90 Å². The zero-order valence-corrected chi connectivity index (χ0v) is 10.5. The van der Waals surface area contributed by atoms with Crippen LogP contribution in [0.2, 0.25) is 0 Å². The van der Waals surface area contributed by atoms with E-state index >= 15 is 0 Å². The van der Waals surface area contributed by atoms with E-state index in [0.717, 1.165) is 29.8 Å². The highest BCUT2D eigenvalue weighted by Gasteiger charge is 2.19. The van der Waals surface area contributed by atoms with E-state index in [1.165, 1.54) is 11.1 Å². The highest BCUT2D eigenvalue weighted by Crippen LogP contribution is 2.27. The molecule has 0 atom stereocenters. The average molecular weight is 247 g/mol. The van der Waals surface area contributed by atoms with Crippen molar-refractivity contribution in [3.8, 4) is 0 Å². The predicted octanol–water partition coefficient (Wildman–Crippen LogP) is 3.15. The summed E-state index contributed by atoms with van der Waals surface area (Å²) in [6.07, 6.45) is 0. The van der Waals surface area contributed by atoms with Crippen molar-refractivity contribution in [1.29, 1.82) is 0 Å². The zero-order chi connectivity index (χ0) is 12.7. The van der Waals surface area contributed by atoms with Crippen molar-refractivity contribution in [3.05, 3.63) is 65.7 Å². The van der Waals surface area contributed by atoms with Gasteiger partial charge in [-0.15, -0.1) is 10.2 Å². The van der Waals surface area contributed by atoms with Gasteiger partial charge in [0.25, 0.3) is 0 Å². The number of rotatable bonds is 1. The van der Waals surface area contributed by atoms with Gasteiger partial charge in [0.05, 0.1) is 5.52 Å². The molecule has 92 valence electrons. The number of benzene rings is 2. The number of anilines is 1. The lowest BCUT2D eigenvalue weighted by Crippen LogP contribution is -2.16. The molecule has 0 fully saturated rings. The average Bonchev–Trinajstić information content (AvgIpc) is 2.90. The van der Waals surface area contributed by atoms with Crippen LogP contribution in [0, 0.1) is 0 Å². The third-order valence-corrected chi connectivity index (χ3v) is 3.65. The fraction of sp³-hybridized carbons (Fsp3) is 0.125. The van der Waals surface area contributed by atoms with Gasteiger partial charge in [-0.05, 0) is 23.3 Å². The number of hydrogen-bond acceptors (Lipinski definition) is 3. The molecule has 0 bridgehead atoms. The summed E-state index contributed by atoms with van der Waals surface area (Å²) in [5.74, 6) is 0.954. The van der Waals surface area contributed by atoms with Crippen molar-refractivity contribution in [2.75, 3.05) is 4.90 Å². The Hall–Kier alpha value is -2.42. The molecule has 19 heavy (non-hydrogen) atoms. The van der Waals surface area contributed by atoms with Crippen LogP contribution in [0.25, 0.3) is 10.9 Å². The maximum atomic E-state index is 4.35. The van der Waals surface area contributed by atoms with Crippen molar-refractivity contribution < 1.29 is 0 Å². The van der Waals surface area contributed by atoms with Gasteiger partial charge in [-0.25, -0.2) is 0 Å². The molecule has 1 aromatic heterocycles. The molecule has 0 radical (unpaired) electrons. The molecule has 3 heteroatoms. The summed E-state index contributed by atoms with van der Waals surface area (Å²) in [6.45, 7) is 1.84. The maximum absolute atomic E-state index is 4.35. The molecule has 0 N–H and O–H groups in total. The minimum Gasteiger partial charge on any atom is -0.346 e. The largest absolute Gasteiger partial charge is 0.346 e. The van der Waals surface area contributed by atoms with E-state index < -0.39 is 0 Å². The summed E-state index contributed by atoms with van der Waals surface area (Å²) < 4.78 is 0. The van der Waals surface area contributed by atoms with Crippen LogP contribution in [0.5, 0.6) is 0 Å². The van der Waals surface area contributed by atoms with E-state index in [0.29, 0.717) is 0 Å². The minimum absolute atomic E-state index is 0.920. The molecule has 2 aromatic carbocycles. The molecular weight excluding hydrogens is 234 g/mol. The number of hydrogen-bond donors (Lipinski definition) is 0. The Kier molecular flexibility index (Phi) is 2.24. The van der Waals surface area contributed by atoms with Gasteiger partial charge < -0.3 is 4.90 Å². The molecule has 0 aliphatic carbocycles. The van der Waals surface area contributed by atoms with E-state index in [-0.39, 0.29) is 0 Å². The lowest BCUT2D eigenvalue weighted by molar-refractivity contribution is 0.838. The smallest absolute Gasteiger partial charge is 0.152 e. The van der Waals surface area contributed by atoms with Gasteiger partial charge in [0.15, 0.2) is 5.82 Å². The molecule has 3 aromatic rings. The van der Waals surface area contributed by atoms with Gasteiger partial charge in [-0.1, -0.05) is 42.5 Å². The molecule has 0 unspecified atom stereocenters. The molecular formula is C16H13N3. The fourth-order valence-electron chi connectivity index (χ4n) is 2.62. The highest BCUT2D eigenvalue weighted by molar-refractivity contribution is 5.80. The standard InChI is InChI=1S/C16H13N3/c1-2-7-14-11-19(10-13(14)6-1)16-9-12-5-3-4-8-15(12)17-18-16/h1-9H,10-11H2. The zero-order valence-electron chi connectivity index (χ0n) is 10.5. The Labute approximate surface area is 111 Å². The molecule has 0 saturated carbocycles. The lowest BCUT2D eigenvalue weighted by Gasteiger charge is -2.15. The molecule has 1 aliphatic rings. The van der Waals surface area contributed by atoms with E-state index in [9.17, 15) is 0 Å². The first-order chi connectivity index (χ1) is 9.40. The second kappa shape index (κ2) is 4.05. The molecule has 4 rings (SSSR count). The number of fused-ring (bicyclic) bond motifs is 2. The number of nitrogens with zero attached hydrogens (tertiary/aromatic N) is 3. The normalized spacial score (nSPS) is 13.8. The summed E-state index contributed by atoms with van der Waals surface area (Å²) in [4.78, 5) is 2.27. The van der Waals surface area contributed by atoms with Gasteiger partial charge >= 0.3 is 0 Å². The van der Waals surface area contributed by atoms with Crippen LogP contribution in [0.4, 0.5) is 5.82 Å². The second-order valence-electron chi connectivity index (χ2n) is 4.89. The van der Waals surface area contributed by atoms with Gasteiger partial charge in [0.1, 0.15) is 0 Å². The van der Waals surface area contributed by atoms with Crippen molar-refractivity contribution >= 4 is 16.7 Å². The van der Waals surface area contributed by atoms with E-state index in [1.54, 1.807) is 0 Å². The summed E-state index contributed by atoms with van der Waals surface area (Å²) in [5.41, 5.74) is 3.72. The first-order valence-corrected chi connectivity index (χ1v) is 6.44. The summed E-state index contributed by atoms with van der Waals surface area (Å²) in [6, 6.07) is 18.8. The van der Waals surface area contributed by atoms with Crippen molar-refractivity contribution in [3.63, 3.8) is 0 Å². The monoisotopic (exact) mass is 247 g/mol. The van der Waals surface area contributed by atoms with Crippen molar-refractivity contribution in [1.82, 2.24) is 10.2 Å². The summed E-state index contributed by atoms with van der Waals surface area (Å²) in [5, 5.41) is 9.79. The minimum atomic E-state index is 0.920. The van der Waals surface area contributed by atoms with Gasteiger partial charge in [-0.3, -0.25) is 0 Å². The highest BCUT2D eigenvalue weighted by atomic mass is 15.3. The third-order valence-electron chi connectivity index (χ3n) is 3.65. The lowest BCUT2D eigenvalue weighted by atomic mass is 10.1. The first-order valence-electron chi connectivity index (χ1n) is 6.44. The Bertz CT molecular complexity index is 727. The van der Waals surface area contributed by atoms with Gasteiger partial charge in [0.2, 0.25) is 0 Å². The van der Waals surface area contributed by atoms with Crippen LogP contribution in [0.3, 0.4) is 0 Å². The molecule has 1 aliphatic heterocycles. The third kappa shape index (κ3) is 1.74. The fourth-order valence-corrected chi connectivity index (χ4v) is 2.62. The topological polar surface area (TPSA) is 29.0 Å². The van der Waals surface area contributed by atoms with Crippen LogP contribution in [-0.2, 0) is 13.1 Å². The Morgan fingerprint density at radius 2 is 1.47 bits per heavy atom. The second-order valence-corrected chi connectivity index (χ2v) is 4.89. The summed E-state index contributed by atoms with van der Waals surface area (Å²) >= 11 is 0. The SMILES string of the molecule is c1ccc2c(c1)CN(c1cc3ccccc3nn1)C2. The van der Waals surface area contributed by atoms with Crippen molar-refractivity contribution in [2.24, 2.45) is 0 Å². The van der Waals surface area contributed by atoms with E-state index in [2.05, 4.69) is 51.5 Å². The summed E-state index contributed by atoms with van der Waals surface area (Å²) in [7, 11) is 0. The number of aromatic nitrogens is 2. The van der Waals surface area contributed by atoms with Crippen LogP contribution in [0.1, 0.15) is 11.1 Å². The Morgan fingerprint density at radius 1 is 0.789 bits per heavy atom.